The lowest BCUT2D eigenvalue weighted by molar-refractivity contribution is -0.115. The molecule has 0 spiro atoms. The summed E-state index contributed by atoms with van der Waals surface area (Å²) in [5.74, 6) is 1.76. The number of carbonyl (C=O) groups is 1. The van der Waals surface area contributed by atoms with Crippen LogP contribution in [0.4, 0.5) is 5.82 Å². The van der Waals surface area contributed by atoms with Crippen LogP contribution < -0.4 is 5.32 Å². The van der Waals surface area contributed by atoms with E-state index in [2.05, 4.69) is 41.7 Å². The predicted octanol–water partition coefficient (Wildman–Crippen LogP) is 4.90. The van der Waals surface area contributed by atoms with Gasteiger partial charge in [-0.05, 0) is 25.0 Å². The lowest BCUT2D eigenvalue weighted by Gasteiger charge is -2.16. The smallest absolute Gasteiger partial charge is 0.243 e. The molecule has 1 atom stereocenters. The van der Waals surface area contributed by atoms with Crippen LogP contribution in [0.5, 0.6) is 0 Å². The lowest BCUT2D eigenvalue weighted by atomic mass is 10.1. The third-order valence-electron chi connectivity index (χ3n) is 3.76. The second-order valence-electron chi connectivity index (χ2n) is 5.90. The highest BCUT2D eigenvalue weighted by Crippen LogP contribution is 2.32. The van der Waals surface area contributed by atoms with Gasteiger partial charge in [0.2, 0.25) is 5.91 Å². The molecule has 3 aromatic rings. The minimum atomic E-state index is -0.320. The molecule has 1 heterocycles. The second kappa shape index (κ2) is 8.03. The van der Waals surface area contributed by atoms with E-state index in [9.17, 15) is 4.79 Å². The third kappa shape index (κ3) is 4.73. The molecule has 0 aliphatic carbocycles. The van der Waals surface area contributed by atoms with Gasteiger partial charge in [0.25, 0.3) is 0 Å². The molecule has 0 saturated heterocycles. The highest BCUT2D eigenvalue weighted by molar-refractivity contribution is 7.99. The first-order valence-corrected chi connectivity index (χ1v) is 9.13. The second-order valence-corrected chi connectivity index (χ2v) is 6.99. The topological polar surface area (TPSA) is 55.1 Å². The Morgan fingerprint density at radius 3 is 2.48 bits per heavy atom. The number of nitrogens with zero attached hydrogens (tertiary/aromatic N) is 1. The summed E-state index contributed by atoms with van der Waals surface area (Å²) in [4.78, 5) is 12.8. The Morgan fingerprint density at radius 2 is 1.84 bits per heavy atom. The predicted molar refractivity (Wildman–Crippen MR) is 102 cm³/mol. The van der Waals surface area contributed by atoms with E-state index in [1.165, 1.54) is 11.1 Å². The Bertz CT molecular complexity index is 828. The summed E-state index contributed by atoms with van der Waals surface area (Å²) in [6, 6.07) is 19.9. The fraction of sp³-hybridized carbons (Fsp3) is 0.200. The Hall–Kier alpha value is -2.53. The van der Waals surface area contributed by atoms with Gasteiger partial charge >= 0.3 is 0 Å². The largest absolute Gasteiger partial charge is 0.360 e. The number of hydrogen-bond donors (Lipinski definition) is 1. The number of aromatic nitrogens is 1. The normalized spacial score (nSPS) is 11.9. The van der Waals surface area contributed by atoms with E-state index in [1.54, 1.807) is 24.8 Å². The van der Waals surface area contributed by atoms with Crippen molar-refractivity contribution in [3.05, 3.63) is 83.1 Å². The van der Waals surface area contributed by atoms with Crippen molar-refractivity contribution < 1.29 is 9.32 Å². The molecular weight excluding hydrogens is 332 g/mol. The van der Waals surface area contributed by atoms with Crippen molar-refractivity contribution in [2.24, 2.45) is 0 Å². The quantitative estimate of drug-likeness (QED) is 0.685. The Labute approximate surface area is 151 Å². The van der Waals surface area contributed by atoms with Crippen molar-refractivity contribution in [2.75, 3.05) is 5.32 Å². The van der Waals surface area contributed by atoms with E-state index in [0.29, 0.717) is 11.6 Å². The first-order chi connectivity index (χ1) is 12.1. The van der Waals surface area contributed by atoms with Gasteiger partial charge in [-0.2, -0.15) is 0 Å². The molecule has 0 bridgehead atoms. The van der Waals surface area contributed by atoms with Gasteiger partial charge in [0.05, 0.1) is 0 Å². The molecule has 1 N–H and O–H groups in total. The summed E-state index contributed by atoms with van der Waals surface area (Å²) in [5.41, 5.74) is 3.39. The van der Waals surface area contributed by atoms with Crippen LogP contribution >= 0.6 is 11.8 Å². The van der Waals surface area contributed by atoms with Crippen molar-refractivity contribution in [3.63, 3.8) is 0 Å². The minimum absolute atomic E-state index is 0.100. The van der Waals surface area contributed by atoms with Crippen LogP contribution in [0.15, 0.2) is 65.2 Å². The van der Waals surface area contributed by atoms with Crippen molar-refractivity contribution >= 4 is 23.5 Å². The number of hydrogen-bond acceptors (Lipinski definition) is 4. The van der Waals surface area contributed by atoms with Gasteiger partial charge in [0.1, 0.15) is 11.0 Å². The fourth-order valence-corrected chi connectivity index (χ4v) is 3.54. The van der Waals surface area contributed by atoms with Crippen LogP contribution in [0, 0.1) is 13.8 Å². The number of aryl methyl sites for hydroxylation is 2. The lowest BCUT2D eigenvalue weighted by Crippen LogP contribution is -2.19. The first-order valence-electron chi connectivity index (χ1n) is 8.08. The SMILES string of the molecule is Cc1ccc(CSC(C(=O)Nc2cc(C)on2)c2ccccc2)cc1. The van der Waals surface area contributed by atoms with Crippen molar-refractivity contribution in [1.82, 2.24) is 5.16 Å². The van der Waals surface area contributed by atoms with E-state index in [4.69, 9.17) is 4.52 Å². The Balaban J connectivity index is 1.75. The molecule has 0 saturated carbocycles. The monoisotopic (exact) mass is 352 g/mol. The number of amides is 1. The van der Waals surface area contributed by atoms with Gasteiger partial charge < -0.3 is 9.84 Å². The highest BCUT2D eigenvalue weighted by atomic mass is 32.2. The molecule has 4 nitrogen and oxygen atoms in total. The van der Waals surface area contributed by atoms with Crippen LogP contribution in [-0.2, 0) is 10.5 Å². The molecule has 0 aliphatic rings. The maximum atomic E-state index is 12.8. The van der Waals surface area contributed by atoms with E-state index < -0.39 is 0 Å². The highest BCUT2D eigenvalue weighted by Gasteiger charge is 2.22. The minimum Gasteiger partial charge on any atom is -0.360 e. The molecule has 5 heteroatoms. The van der Waals surface area contributed by atoms with Crippen molar-refractivity contribution in [3.8, 4) is 0 Å². The maximum Gasteiger partial charge on any atom is 0.243 e. The molecule has 1 aromatic heterocycles. The van der Waals surface area contributed by atoms with Gasteiger partial charge in [0.15, 0.2) is 5.82 Å². The standard InChI is InChI=1S/C20H20N2O2S/c1-14-8-10-16(11-9-14)13-25-19(17-6-4-3-5-7-17)20(23)21-18-12-15(2)24-22-18/h3-12,19H,13H2,1-2H3,(H,21,22,23). The summed E-state index contributed by atoms with van der Waals surface area (Å²) in [7, 11) is 0. The zero-order chi connectivity index (χ0) is 17.6. The summed E-state index contributed by atoms with van der Waals surface area (Å²) >= 11 is 1.60. The summed E-state index contributed by atoms with van der Waals surface area (Å²) < 4.78 is 5.02. The van der Waals surface area contributed by atoms with Gasteiger partial charge in [-0.25, -0.2) is 0 Å². The van der Waals surface area contributed by atoms with Gasteiger partial charge in [0, 0.05) is 11.8 Å². The maximum absolute atomic E-state index is 12.8. The molecule has 0 radical (unpaired) electrons. The number of carbonyl (C=O) groups excluding carboxylic acids is 1. The third-order valence-corrected chi connectivity index (χ3v) is 5.08. The van der Waals surface area contributed by atoms with E-state index >= 15 is 0 Å². The van der Waals surface area contributed by atoms with E-state index in [-0.39, 0.29) is 11.2 Å². The zero-order valence-corrected chi connectivity index (χ0v) is 15.0. The molecule has 128 valence electrons. The van der Waals surface area contributed by atoms with Gasteiger partial charge in [-0.15, -0.1) is 11.8 Å². The number of benzene rings is 2. The molecule has 1 amide bonds. The summed E-state index contributed by atoms with van der Waals surface area (Å²) in [6.45, 7) is 3.86. The van der Waals surface area contributed by atoms with Gasteiger partial charge in [-0.1, -0.05) is 65.3 Å². The van der Waals surface area contributed by atoms with Crippen LogP contribution in [0.3, 0.4) is 0 Å². The van der Waals surface area contributed by atoms with Crippen molar-refractivity contribution in [1.29, 1.82) is 0 Å². The number of rotatable bonds is 6. The molecule has 0 fully saturated rings. The molecular formula is C20H20N2O2S. The Morgan fingerprint density at radius 1 is 1.12 bits per heavy atom. The summed E-state index contributed by atoms with van der Waals surface area (Å²) in [6.07, 6.45) is 0. The first kappa shape index (κ1) is 17.3. The number of nitrogens with one attached hydrogen (secondary N) is 1. The van der Waals surface area contributed by atoms with Crippen molar-refractivity contribution in [2.45, 2.75) is 24.9 Å². The molecule has 2 aromatic carbocycles. The van der Waals surface area contributed by atoms with E-state index in [1.807, 2.05) is 30.3 Å². The molecule has 3 rings (SSSR count). The average Bonchev–Trinajstić information content (AvgIpc) is 3.02. The molecule has 1 unspecified atom stereocenters. The zero-order valence-electron chi connectivity index (χ0n) is 14.2. The Kier molecular flexibility index (Phi) is 5.56. The number of thioether (sulfide) groups is 1. The van der Waals surface area contributed by atoms with Crippen LogP contribution in [0.1, 0.15) is 27.7 Å². The van der Waals surface area contributed by atoms with Crippen LogP contribution in [0.25, 0.3) is 0 Å². The fourth-order valence-electron chi connectivity index (χ4n) is 2.43. The summed E-state index contributed by atoms with van der Waals surface area (Å²) in [5, 5.41) is 6.37. The van der Waals surface area contributed by atoms with Crippen LogP contribution in [0.2, 0.25) is 0 Å². The average molecular weight is 352 g/mol. The number of anilines is 1. The van der Waals surface area contributed by atoms with Gasteiger partial charge in [-0.3, -0.25) is 4.79 Å². The van der Waals surface area contributed by atoms with E-state index in [0.717, 1.165) is 11.3 Å². The molecule has 25 heavy (non-hydrogen) atoms. The van der Waals surface area contributed by atoms with Crippen LogP contribution in [-0.4, -0.2) is 11.1 Å². The molecule has 0 aliphatic heterocycles.